The van der Waals surface area contributed by atoms with Gasteiger partial charge in [0.05, 0.1) is 6.04 Å². The normalized spacial score (nSPS) is 24.5. The molecule has 1 N–H and O–H groups in total. The van der Waals surface area contributed by atoms with Crippen LogP contribution in [0.1, 0.15) is 27.7 Å². The van der Waals surface area contributed by atoms with E-state index in [1.165, 1.54) is 0 Å². The zero-order chi connectivity index (χ0) is 9.35. The van der Waals surface area contributed by atoms with Crippen molar-refractivity contribution in [1.29, 1.82) is 0 Å². The maximum Gasteiger partial charge on any atom is 0.317 e. The van der Waals surface area contributed by atoms with Gasteiger partial charge < -0.3 is 10.2 Å². The molecule has 1 fully saturated rings. The van der Waals surface area contributed by atoms with E-state index in [-0.39, 0.29) is 11.4 Å². The molecule has 1 saturated heterocycles. The molecule has 0 radical (unpaired) electrons. The van der Waals surface area contributed by atoms with Crippen molar-refractivity contribution in [3.05, 3.63) is 0 Å². The lowest BCUT2D eigenvalue weighted by Gasteiger charge is -2.32. The van der Waals surface area contributed by atoms with Crippen LogP contribution in [0.2, 0.25) is 0 Å². The molecule has 0 spiro atoms. The van der Waals surface area contributed by atoms with Gasteiger partial charge in [0.15, 0.2) is 0 Å². The van der Waals surface area contributed by atoms with Crippen molar-refractivity contribution in [3.63, 3.8) is 0 Å². The van der Waals surface area contributed by atoms with Gasteiger partial charge in [-0.25, -0.2) is 4.79 Å². The molecule has 70 valence electrons. The number of nitrogens with one attached hydrogen (secondary N) is 1. The lowest BCUT2D eigenvalue weighted by molar-refractivity contribution is 0.159. The third kappa shape index (κ3) is 1.54. The minimum absolute atomic E-state index is 0.0809. The van der Waals surface area contributed by atoms with Crippen LogP contribution in [0.5, 0.6) is 0 Å². The summed E-state index contributed by atoms with van der Waals surface area (Å²) in [7, 11) is 0. The number of carbonyl (C=O) groups is 1. The fraction of sp³-hybridized carbons (Fsp3) is 0.889. The van der Waals surface area contributed by atoms with Crippen LogP contribution in [0.25, 0.3) is 0 Å². The molecule has 0 aromatic rings. The Morgan fingerprint density at radius 2 is 2.17 bits per heavy atom. The standard InChI is InChI=1S/C9H18N2O/c1-5-11-7(9(2,3)4)6-10-8(11)12/h7H,5-6H2,1-4H3,(H,10,12). The van der Waals surface area contributed by atoms with E-state index in [9.17, 15) is 4.79 Å². The Kier molecular flexibility index (Phi) is 2.31. The monoisotopic (exact) mass is 170 g/mol. The van der Waals surface area contributed by atoms with Gasteiger partial charge in [-0.05, 0) is 12.3 Å². The van der Waals surface area contributed by atoms with Gasteiger partial charge in [-0.15, -0.1) is 0 Å². The van der Waals surface area contributed by atoms with E-state index < -0.39 is 0 Å². The molecular formula is C9H18N2O. The first kappa shape index (κ1) is 9.36. The first-order valence-corrected chi connectivity index (χ1v) is 4.51. The topological polar surface area (TPSA) is 32.3 Å². The summed E-state index contributed by atoms with van der Waals surface area (Å²) in [6, 6.07) is 0.424. The van der Waals surface area contributed by atoms with Gasteiger partial charge in [0.25, 0.3) is 0 Å². The smallest absolute Gasteiger partial charge is 0.317 e. The van der Waals surface area contributed by atoms with Crippen molar-refractivity contribution in [3.8, 4) is 0 Å². The molecule has 1 aliphatic rings. The summed E-state index contributed by atoms with van der Waals surface area (Å²) in [6.45, 7) is 10.1. The molecule has 1 atom stereocenters. The second-order valence-electron chi connectivity index (χ2n) is 4.35. The van der Waals surface area contributed by atoms with Crippen molar-refractivity contribution >= 4 is 6.03 Å². The second-order valence-corrected chi connectivity index (χ2v) is 4.35. The van der Waals surface area contributed by atoms with Crippen LogP contribution in [-0.4, -0.2) is 30.1 Å². The molecule has 0 saturated carbocycles. The third-order valence-electron chi connectivity index (χ3n) is 2.42. The highest BCUT2D eigenvalue weighted by Gasteiger charge is 2.37. The van der Waals surface area contributed by atoms with Crippen LogP contribution < -0.4 is 5.32 Å². The van der Waals surface area contributed by atoms with E-state index in [4.69, 9.17) is 0 Å². The molecule has 0 bridgehead atoms. The molecular weight excluding hydrogens is 152 g/mol. The number of rotatable bonds is 1. The van der Waals surface area contributed by atoms with Crippen molar-refractivity contribution < 1.29 is 4.79 Å². The second kappa shape index (κ2) is 2.96. The Morgan fingerprint density at radius 3 is 2.50 bits per heavy atom. The van der Waals surface area contributed by atoms with Crippen LogP contribution in [0.15, 0.2) is 0 Å². The zero-order valence-corrected chi connectivity index (χ0v) is 8.35. The quantitative estimate of drug-likeness (QED) is 0.634. The van der Waals surface area contributed by atoms with E-state index in [0.717, 1.165) is 13.1 Å². The van der Waals surface area contributed by atoms with Crippen molar-refractivity contribution in [2.45, 2.75) is 33.7 Å². The summed E-state index contributed by atoms with van der Waals surface area (Å²) in [5.41, 5.74) is 0.176. The average Bonchev–Trinajstić information content (AvgIpc) is 2.29. The highest BCUT2D eigenvalue weighted by Crippen LogP contribution is 2.26. The molecule has 12 heavy (non-hydrogen) atoms. The molecule has 2 amide bonds. The predicted octanol–water partition coefficient (Wildman–Crippen LogP) is 1.45. The minimum Gasteiger partial charge on any atom is -0.336 e. The molecule has 1 rings (SSSR count). The summed E-state index contributed by atoms with van der Waals surface area (Å²) in [4.78, 5) is 13.2. The van der Waals surface area contributed by atoms with E-state index in [2.05, 4.69) is 26.1 Å². The van der Waals surface area contributed by atoms with Gasteiger partial charge in [-0.3, -0.25) is 0 Å². The zero-order valence-electron chi connectivity index (χ0n) is 8.35. The largest absolute Gasteiger partial charge is 0.336 e. The van der Waals surface area contributed by atoms with E-state index in [1.54, 1.807) is 0 Å². The minimum atomic E-state index is 0.0809. The van der Waals surface area contributed by atoms with Crippen molar-refractivity contribution in [2.75, 3.05) is 13.1 Å². The highest BCUT2D eigenvalue weighted by atomic mass is 16.2. The Labute approximate surface area is 74.1 Å². The molecule has 3 nitrogen and oxygen atoms in total. The van der Waals surface area contributed by atoms with E-state index >= 15 is 0 Å². The average molecular weight is 170 g/mol. The van der Waals surface area contributed by atoms with Gasteiger partial charge in [-0.1, -0.05) is 20.8 Å². The Hall–Kier alpha value is -0.730. The summed E-state index contributed by atoms with van der Waals surface area (Å²) in [6.07, 6.45) is 0. The van der Waals surface area contributed by atoms with Crippen molar-refractivity contribution in [2.24, 2.45) is 5.41 Å². The maximum atomic E-state index is 11.3. The third-order valence-corrected chi connectivity index (χ3v) is 2.42. The molecule has 0 aromatic carbocycles. The molecule has 1 heterocycles. The maximum absolute atomic E-state index is 11.3. The molecule has 0 aliphatic carbocycles. The van der Waals surface area contributed by atoms with Gasteiger partial charge in [0, 0.05) is 13.1 Å². The highest BCUT2D eigenvalue weighted by molar-refractivity contribution is 5.77. The van der Waals surface area contributed by atoms with Gasteiger partial charge in [0.1, 0.15) is 0 Å². The predicted molar refractivity (Wildman–Crippen MR) is 49.0 cm³/mol. The van der Waals surface area contributed by atoms with E-state index in [1.807, 2.05) is 11.8 Å². The van der Waals surface area contributed by atoms with Crippen LogP contribution in [0.3, 0.4) is 0 Å². The fourth-order valence-corrected chi connectivity index (χ4v) is 1.67. The SMILES string of the molecule is CCN1C(=O)NCC1C(C)(C)C. The Morgan fingerprint density at radius 1 is 1.58 bits per heavy atom. The summed E-state index contributed by atoms with van der Waals surface area (Å²) >= 11 is 0. The van der Waals surface area contributed by atoms with Crippen LogP contribution in [-0.2, 0) is 0 Å². The molecule has 0 aromatic heterocycles. The van der Waals surface area contributed by atoms with Crippen LogP contribution >= 0.6 is 0 Å². The number of nitrogens with zero attached hydrogens (tertiary/aromatic N) is 1. The van der Waals surface area contributed by atoms with Crippen LogP contribution in [0, 0.1) is 5.41 Å². The summed E-state index contributed by atoms with van der Waals surface area (Å²) in [5, 5.41) is 2.86. The number of likely N-dealkylation sites (N-methyl/N-ethyl adjacent to an activating group) is 1. The summed E-state index contributed by atoms with van der Waals surface area (Å²) in [5.74, 6) is 0. The first-order chi connectivity index (χ1) is 5.46. The molecule has 1 unspecified atom stereocenters. The lowest BCUT2D eigenvalue weighted by atomic mass is 9.86. The van der Waals surface area contributed by atoms with Crippen LogP contribution in [0.4, 0.5) is 4.79 Å². The van der Waals surface area contributed by atoms with Crippen molar-refractivity contribution in [1.82, 2.24) is 10.2 Å². The number of urea groups is 1. The molecule has 3 heteroatoms. The molecule has 1 aliphatic heterocycles. The lowest BCUT2D eigenvalue weighted by Crippen LogP contribution is -2.42. The number of amides is 2. The Balaban J connectivity index is 2.73. The number of hydrogen-bond donors (Lipinski definition) is 1. The van der Waals surface area contributed by atoms with Gasteiger partial charge in [0.2, 0.25) is 0 Å². The van der Waals surface area contributed by atoms with Gasteiger partial charge in [-0.2, -0.15) is 0 Å². The Bertz CT molecular complexity index is 183. The first-order valence-electron chi connectivity index (χ1n) is 4.51. The number of carbonyl (C=O) groups excluding carboxylic acids is 1. The van der Waals surface area contributed by atoms with Gasteiger partial charge >= 0.3 is 6.03 Å². The van der Waals surface area contributed by atoms with E-state index in [0.29, 0.717) is 6.04 Å². The summed E-state index contributed by atoms with van der Waals surface area (Å²) < 4.78 is 0. The number of hydrogen-bond acceptors (Lipinski definition) is 1. The fourth-order valence-electron chi connectivity index (χ4n) is 1.67.